The zero-order valence-electron chi connectivity index (χ0n) is 9.32. The van der Waals surface area contributed by atoms with Crippen molar-refractivity contribution < 1.29 is 9.90 Å². The summed E-state index contributed by atoms with van der Waals surface area (Å²) in [5.74, 6) is 1.16. The van der Waals surface area contributed by atoms with E-state index in [4.69, 9.17) is 5.11 Å². The highest BCUT2D eigenvalue weighted by atomic mass is 16.4. The molecule has 0 fully saturated rings. The Bertz CT molecular complexity index is 333. The first-order chi connectivity index (χ1) is 6.99. The number of H-pyrrole nitrogens is 1. The van der Waals surface area contributed by atoms with Crippen molar-refractivity contribution in [1.82, 2.24) is 15.2 Å². The maximum Gasteiger partial charge on any atom is 0.303 e. The van der Waals surface area contributed by atoms with Gasteiger partial charge in [0.1, 0.15) is 5.82 Å². The smallest absolute Gasteiger partial charge is 0.303 e. The number of rotatable bonds is 5. The maximum absolute atomic E-state index is 10.5. The average Bonchev–Trinajstić information content (AvgIpc) is 2.50. The molecule has 1 aromatic rings. The van der Waals surface area contributed by atoms with Gasteiger partial charge in [-0.2, -0.15) is 5.10 Å². The predicted octanol–water partition coefficient (Wildman–Crippen LogP) is 1.58. The summed E-state index contributed by atoms with van der Waals surface area (Å²) in [6.07, 6.45) is 0.795. The van der Waals surface area contributed by atoms with Gasteiger partial charge in [-0.25, -0.2) is 4.98 Å². The molecule has 0 spiro atoms. The molecule has 15 heavy (non-hydrogen) atoms. The van der Waals surface area contributed by atoms with Crippen molar-refractivity contribution in [3.8, 4) is 0 Å². The lowest BCUT2D eigenvalue weighted by Crippen LogP contribution is -2.08. The first kappa shape index (κ1) is 11.7. The van der Waals surface area contributed by atoms with E-state index in [9.17, 15) is 4.79 Å². The number of aromatic nitrogens is 3. The van der Waals surface area contributed by atoms with Gasteiger partial charge in [0.15, 0.2) is 5.82 Å². The summed E-state index contributed by atoms with van der Waals surface area (Å²) in [4.78, 5) is 14.8. The van der Waals surface area contributed by atoms with Crippen molar-refractivity contribution in [2.24, 2.45) is 5.92 Å². The van der Waals surface area contributed by atoms with Crippen LogP contribution in [0.5, 0.6) is 0 Å². The van der Waals surface area contributed by atoms with Crippen LogP contribution >= 0.6 is 0 Å². The normalized spacial score (nSPS) is 13.1. The second-order valence-electron chi connectivity index (χ2n) is 4.20. The molecule has 0 saturated heterocycles. The lowest BCUT2D eigenvalue weighted by molar-refractivity contribution is -0.137. The van der Waals surface area contributed by atoms with Crippen LogP contribution in [-0.4, -0.2) is 26.3 Å². The summed E-state index contributed by atoms with van der Waals surface area (Å²) in [6, 6.07) is 0. The Morgan fingerprint density at radius 3 is 2.60 bits per heavy atom. The first-order valence-electron chi connectivity index (χ1n) is 5.12. The molecule has 0 aliphatic rings. The molecule has 0 amide bonds. The molecule has 0 aliphatic carbocycles. The van der Waals surface area contributed by atoms with Gasteiger partial charge >= 0.3 is 5.97 Å². The third-order valence-electron chi connectivity index (χ3n) is 2.13. The first-order valence-corrected chi connectivity index (χ1v) is 5.12. The highest BCUT2D eigenvalue weighted by Crippen LogP contribution is 2.12. The average molecular weight is 211 g/mol. The Morgan fingerprint density at radius 2 is 2.13 bits per heavy atom. The van der Waals surface area contributed by atoms with Crippen LogP contribution in [-0.2, 0) is 11.2 Å². The number of carboxylic acid groups (broad SMARTS) is 1. The van der Waals surface area contributed by atoms with Crippen LogP contribution in [0, 0.1) is 5.92 Å². The molecule has 0 saturated carbocycles. The van der Waals surface area contributed by atoms with Crippen molar-refractivity contribution in [2.45, 2.75) is 39.5 Å². The van der Waals surface area contributed by atoms with Crippen molar-refractivity contribution in [3.05, 3.63) is 11.6 Å². The molecular formula is C10H17N3O2. The minimum absolute atomic E-state index is 0.0791. The van der Waals surface area contributed by atoms with Crippen LogP contribution < -0.4 is 0 Å². The molecule has 5 nitrogen and oxygen atoms in total. The van der Waals surface area contributed by atoms with Crippen LogP contribution in [0.4, 0.5) is 0 Å². The second kappa shape index (κ2) is 4.91. The van der Waals surface area contributed by atoms with Crippen molar-refractivity contribution >= 4 is 5.97 Å². The standard InChI is InChI=1S/C10H17N3O2/c1-6(2)10-11-8(12-13-10)4-7(3)5-9(14)15/h6-7H,4-5H2,1-3H3,(H,14,15)(H,11,12,13). The predicted molar refractivity (Wildman–Crippen MR) is 55.6 cm³/mol. The summed E-state index contributed by atoms with van der Waals surface area (Å²) in [7, 11) is 0. The number of aliphatic carboxylic acids is 1. The maximum atomic E-state index is 10.5. The van der Waals surface area contributed by atoms with Crippen LogP contribution in [0.1, 0.15) is 44.8 Å². The number of carboxylic acids is 1. The van der Waals surface area contributed by atoms with Gasteiger partial charge in [0.2, 0.25) is 0 Å². The minimum Gasteiger partial charge on any atom is -0.481 e. The zero-order valence-corrected chi connectivity index (χ0v) is 9.32. The molecule has 1 unspecified atom stereocenters. The van der Waals surface area contributed by atoms with Crippen LogP contribution in [0.25, 0.3) is 0 Å². The molecule has 0 aliphatic heterocycles. The molecule has 1 atom stereocenters. The number of carbonyl (C=O) groups is 1. The molecular weight excluding hydrogens is 194 g/mol. The SMILES string of the molecule is CC(CC(=O)O)Cc1nc(C(C)C)n[nH]1. The Kier molecular flexibility index (Phi) is 3.82. The molecule has 0 radical (unpaired) electrons. The topological polar surface area (TPSA) is 78.9 Å². The number of nitrogens with zero attached hydrogens (tertiary/aromatic N) is 2. The van der Waals surface area contributed by atoms with Gasteiger partial charge in [-0.15, -0.1) is 0 Å². The molecule has 2 N–H and O–H groups in total. The van der Waals surface area contributed by atoms with Crippen LogP contribution in [0.3, 0.4) is 0 Å². The largest absolute Gasteiger partial charge is 0.481 e. The molecule has 1 heterocycles. The van der Waals surface area contributed by atoms with E-state index in [1.54, 1.807) is 0 Å². The summed E-state index contributed by atoms with van der Waals surface area (Å²) >= 11 is 0. The molecule has 1 rings (SSSR count). The third-order valence-corrected chi connectivity index (χ3v) is 2.13. The quantitative estimate of drug-likeness (QED) is 0.775. The third kappa shape index (κ3) is 3.69. The summed E-state index contributed by atoms with van der Waals surface area (Å²) in [5.41, 5.74) is 0. The van der Waals surface area contributed by atoms with Crippen LogP contribution in [0.15, 0.2) is 0 Å². The van der Waals surface area contributed by atoms with Gasteiger partial charge in [-0.05, 0) is 5.92 Å². The lowest BCUT2D eigenvalue weighted by Gasteiger charge is -2.04. The molecule has 5 heteroatoms. The van der Waals surface area contributed by atoms with E-state index in [1.165, 1.54) is 0 Å². The van der Waals surface area contributed by atoms with E-state index in [0.29, 0.717) is 12.3 Å². The van der Waals surface area contributed by atoms with Crippen molar-refractivity contribution in [2.75, 3.05) is 0 Å². The fourth-order valence-corrected chi connectivity index (χ4v) is 1.36. The number of nitrogens with one attached hydrogen (secondary N) is 1. The fourth-order valence-electron chi connectivity index (χ4n) is 1.36. The number of hydrogen-bond donors (Lipinski definition) is 2. The second-order valence-corrected chi connectivity index (χ2v) is 4.20. The Hall–Kier alpha value is -1.39. The van der Waals surface area contributed by atoms with Crippen LogP contribution in [0.2, 0.25) is 0 Å². The van der Waals surface area contributed by atoms with E-state index in [1.807, 2.05) is 20.8 Å². The van der Waals surface area contributed by atoms with Crippen molar-refractivity contribution in [1.29, 1.82) is 0 Å². The van der Waals surface area contributed by atoms with E-state index in [0.717, 1.165) is 11.6 Å². The fraction of sp³-hybridized carbons (Fsp3) is 0.700. The van der Waals surface area contributed by atoms with Gasteiger partial charge in [0, 0.05) is 18.8 Å². The highest BCUT2D eigenvalue weighted by Gasteiger charge is 2.12. The monoisotopic (exact) mass is 211 g/mol. The highest BCUT2D eigenvalue weighted by molar-refractivity contribution is 5.66. The van der Waals surface area contributed by atoms with Gasteiger partial charge in [-0.3, -0.25) is 9.89 Å². The molecule has 1 aromatic heterocycles. The van der Waals surface area contributed by atoms with Crippen molar-refractivity contribution in [3.63, 3.8) is 0 Å². The van der Waals surface area contributed by atoms with E-state index in [2.05, 4.69) is 15.2 Å². The van der Waals surface area contributed by atoms with Gasteiger partial charge < -0.3 is 5.11 Å². The van der Waals surface area contributed by atoms with E-state index >= 15 is 0 Å². The molecule has 84 valence electrons. The van der Waals surface area contributed by atoms with Gasteiger partial charge in [0.05, 0.1) is 0 Å². The Morgan fingerprint density at radius 1 is 1.47 bits per heavy atom. The Balaban J connectivity index is 2.53. The molecule has 0 bridgehead atoms. The van der Waals surface area contributed by atoms with Gasteiger partial charge in [-0.1, -0.05) is 20.8 Å². The zero-order chi connectivity index (χ0) is 11.4. The Labute approximate surface area is 88.9 Å². The lowest BCUT2D eigenvalue weighted by atomic mass is 10.0. The summed E-state index contributed by atoms with van der Waals surface area (Å²) in [6.45, 7) is 5.94. The van der Waals surface area contributed by atoms with E-state index in [-0.39, 0.29) is 12.3 Å². The number of hydrogen-bond acceptors (Lipinski definition) is 3. The molecule has 0 aromatic carbocycles. The number of aromatic amines is 1. The minimum atomic E-state index is -0.772. The summed E-state index contributed by atoms with van der Waals surface area (Å²) in [5, 5.41) is 15.5. The summed E-state index contributed by atoms with van der Waals surface area (Å²) < 4.78 is 0. The van der Waals surface area contributed by atoms with Gasteiger partial charge in [0.25, 0.3) is 0 Å². The van der Waals surface area contributed by atoms with E-state index < -0.39 is 5.97 Å².